The number of benzene rings is 1. The summed E-state index contributed by atoms with van der Waals surface area (Å²) in [7, 11) is 1.97. The highest BCUT2D eigenvalue weighted by atomic mass is 16.2. The van der Waals surface area contributed by atoms with Crippen LogP contribution in [0.1, 0.15) is 49.7 Å². The second kappa shape index (κ2) is 7.52. The Kier molecular flexibility index (Phi) is 4.69. The van der Waals surface area contributed by atoms with E-state index in [0.29, 0.717) is 19.0 Å². The Morgan fingerprint density at radius 3 is 2.61 bits per heavy atom. The normalized spacial score (nSPS) is 22.4. The second-order valence-electron chi connectivity index (χ2n) is 10.0. The number of nitrogens with zero attached hydrogens (tertiary/aromatic N) is 5. The molecule has 172 valence electrons. The number of nitrogens with one attached hydrogen (secondary N) is 1. The summed E-state index contributed by atoms with van der Waals surface area (Å²) in [6, 6.07) is 6.25. The molecule has 3 fully saturated rings. The van der Waals surface area contributed by atoms with Gasteiger partial charge in [-0.3, -0.25) is 19.4 Å². The lowest BCUT2D eigenvalue weighted by atomic mass is 10.0. The summed E-state index contributed by atoms with van der Waals surface area (Å²) in [6.45, 7) is 4.03. The lowest BCUT2D eigenvalue weighted by molar-refractivity contribution is -0.121. The van der Waals surface area contributed by atoms with E-state index in [1.54, 1.807) is 0 Å². The Morgan fingerprint density at radius 1 is 1.12 bits per heavy atom. The summed E-state index contributed by atoms with van der Waals surface area (Å²) in [5.74, 6) is 1.66. The average molecular weight is 447 g/mol. The van der Waals surface area contributed by atoms with Gasteiger partial charge in [-0.15, -0.1) is 0 Å². The van der Waals surface area contributed by atoms with Crippen molar-refractivity contribution in [1.29, 1.82) is 0 Å². The largest absolute Gasteiger partial charge is 0.324 e. The maximum atomic E-state index is 13.3. The van der Waals surface area contributed by atoms with Crippen molar-refractivity contribution in [2.24, 2.45) is 0 Å². The minimum atomic E-state index is -0.358. The number of carbonyl (C=O) groups is 2. The topological polar surface area (TPSA) is 81.7 Å². The van der Waals surface area contributed by atoms with Gasteiger partial charge in [-0.05, 0) is 63.4 Å². The van der Waals surface area contributed by atoms with Crippen molar-refractivity contribution in [3.8, 4) is 0 Å². The molecule has 2 aliphatic carbocycles. The molecule has 1 spiro atoms. The van der Waals surface area contributed by atoms with Gasteiger partial charge < -0.3 is 10.2 Å². The Labute approximate surface area is 194 Å². The van der Waals surface area contributed by atoms with E-state index >= 15 is 0 Å². The lowest BCUT2D eigenvalue weighted by Crippen LogP contribution is -2.48. The Hall–Kier alpha value is -3.00. The monoisotopic (exact) mass is 446 g/mol. The van der Waals surface area contributed by atoms with Crippen LogP contribution < -0.4 is 15.1 Å². The van der Waals surface area contributed by atoms with Crippen LogP contribution in [0.3, 0.4) is 0 Å². The first-order valence-electron chi connectivity index (χ1n) is 12.0. The predicted molar refractivity (Wildman–Crippen MR) is 127 cm³/mol. The molecule has 1 aromatic heterocycles. The van der Waals surface area contributed by atoms with E-state index in [4.69, 9.17) is 4.98 Å². The van der Waals surface area contributed by atoms with Crippen LogP contribution in [-0.2, 0) is 15.0 Å². The average Bonchev–Trinajstić information content (AvgIpc) is 3.35. The molecular weight excluding hydrogens is 416 g/mol. The van der Waals surface area contributed by atoms with Crippen molar-refractivity contribution in [3.63, 3.8) is 0 Å². The number of hydrogen-bond acceptors (Lipinski definition) is 6. The van der Waals surface area contributed by atoms with Gasteiger partial charge in [0, 0.05) is 42.3 Å². The highest BCUT2D eigenvalue weighted by molar-refractivity contribution is 6.09. The maximum Gasteiger partial charge on any atom is 0.241 e. The van der Waals surface area contributed by atoms with E-state index in [9.17, 15) is 9.59 Å². The molecule has 1 aromatic carbocycles. The number of aryl methyl sites for hydroxylation is 1. The number of amides is 2. The fraction of sp³-hybridized carbons (Fsp3) is 0.520. The minimum Gasteiger partial charge on any atom is -0.324 e. The van der Waals surface area contributed by atoms with E-state index in [1.165, 1.54) is 12.8 Å². The molecule has 0 radical (unpaired) electrons. The molecule has 6 rings (SSSR count). The van der Waals surface area contributed by atoms with Gasteiger partial charge in [-0.2, -0.15) is 4.98 Å². The molecule has 3 heterocycles. The zero-order chi connectivity index (χ0) is 22.7. The molecule has 0 bridgehead atoms. The van der Waals surface area contributed by atoms with Crippen LogP contribution in [0.5, 0.6) is 0 Å². The van der Waals surface area contributed by atoms with E-state index in [-0.39, 0.29) is 23.3 Å². The molecule has 2 aliphatic heterocycles. The molecule has 2 aromatic rings. The lowest BCUT2D eigenvalue weighted by Gasteiger charge is -2.32. The van der Waals surface area contributed by atoms with Crippen molar-refractivity contribution in [2.75, 3.05) is 41.8 Å². The summed E-state index contributed by atoms with van der Waals surface area (Å²) < 4.78 is 0. The number of hydrogen-bond donors (Lipinski definition) is 1. The number of anilines is 4. The molecule has 1 saturated heterocycles. The van der Waals surface area contributed by atoms with Crippen molar-refractivity contribution in [2.45, 2.75) is 56.9 Å². The summed E-state index contributed by atoms with van der Waals surface area (Å²) >= 11 is 0. The van der Waals surface area contributed by atoms with Gasteiger partial charge in [-0.25, -0.2) is 4.98 Å². The summed E-state index contributed by atoms with van der Waals surface area (Å²) in [5, 5.41) is 3.35. The van der Waals surface area contributed by atoms with Gasteiger partial charge in [0.15, 0.2) is 0 Å². The summed E-state index contributed by atoms with van der Waals surface area (Å²) in [5.41, 5.74) is 3.48. The number of likely N-dealkylation sites (N-methyl/N-ethyl adjacent to an activating group) is 1. The first-order chi connectivity index (χ1) is 16.0. The van der Waals surface area contributed by atoms with Crippen LogP contribution in [0, 0.1) is 6.92 Å². The Morgan fingerprint density at radius 2 is 1.91 bits per heavy atom. The van der Waals surface area contributed by atoms with Gasteiger partial charge in [0.25, 0.3) is 0 Å². The van der Waals surface area contributed by atoms with E-state index in [2.05, 4.69) is 10.3 Å². The highest BCUT2D eigenvalue weighted by Crippen LogP contribution is 2.57. The molecule has 2 amide bonds. The van der Waals surface area contributed by atoms with Crippen molar-refractivity contribution in [1.82, 2.24) is 14.9 Å². The first kappa shape index (κ1) is 20.6. The van der Waals surface area contributed by atoms with Gasteiger partial charge in [0.1, 0.15) is 5.82 Å². The van der Waals surface area contributed by atoms with Crippen LogP contribution in [-0.4, -0.2) is 59.4 Å². The standard InChI is InChI=1S/C25H30N6O2/c1-16-13-18(30-12-11-29(2)15-21(30)32)7-8-20(16)27-24-26-14-19-22(28-24)31(17-5-3-4-6-17)23(33)25(19)9-10-25/h7-8,13-14,17H,3-6,9-12,15H2,1-2H3,(H,26,27,28). The van der Waals surface area contributed by atoms with Gasteiger partial charge in [-0.1, -0.05) is 12.8 Å². The molecule has 0 atom stereocenters. The van der Waals surface area contributed by atoms with Gasteiger partial charge >= 0.3 is 0 Å². The molecule has 8 heteroatoms. The first-order valence-corrected chi connectivity index (χ1v) is 12.0. The fourth-order valence-corrected chi connectivity index (χ4v) is 5.65. The zero-order valence-corrected chi connectivity index (χ0v) is 19.3. The molecule has 8 nitrogen and oxygen atoms in total. The molecule has 0 unspecified atom stereocenters. The number of rotatable bonds is 4. The Balaban J connectivity index is 1.26. The zero-order valence-electron chi connectivity index (χ0n) is 19.3. The van der Waals surface area contributed by atoms with Gasteiger partial charge in [0.2, 0.25) is 17.8 Å². The van der Waals surface area contributed by atoms with Crippen LogP contribution in [0.4, 0.5) is 23.1 Å². The number of fused-ring (bicyclic) bond motifs is 2. The quantitative estimate of drug-likeness (QED) is 0.777. The SMILES string of the molecule is Cc1cc(N2CCN(C)CC2=O)ccc1Nc1ncc2c(n1)N(C1CCCC1)C(=O)C21CC1. The summed E-state index contributed by atoms with van der Waals surface area (Å²) in [4.78, 5) is 41.0. The molecule has 2 saturated carbocycles. The number of aromatic nitrogens is 2. The fourth-order valence-electron chi connectivity index (χ4n) is 5.65. The van der Waals surface area contributed by atoms with E-state index in [0.717, 1.165) is 60.5 Å². The maximum absolute atomic E-state index is 13.3. The molecule has 4 aliphatic rings. The number of piperazine rings is 1. The molecule has 33 heavy (non-hydrogen) atoms. The highest BCUT2D eigenvalue weighted by Gasteiger charge is 2.61. The van der Waals surface area contributed by atoms with Crippen LogP contribution >= 0.6 is 0 Å². The molecule has 1 N–H and O–H groups in total. The predicted octanol–water partition coefficient (Wildman–Crippen LogP) is 3.13. The van der Waals surface area contributed by atoms with Crippen LogP contribution in [0.25, 0.3) is 0 Å². The third-order valence-corrected chi connectivity index (χ3v) is 7.76. The van der Waals surface area contributed by atoms with Crippen LogP contribution in [0.2, 0.25) is 0 Å². The summed E-state index contributed by atoms with van der Waals surface area (Å²) in [6.07, 6.45) is 8.13. The minimum absolute atomic E-state index is 0.122. The molecular formula is C25H30N6O2. The van der Waals surface area contributed by atoms with Gasteiger partial charge in [0.05, 0.1) is 12.0 Å². The van der Waals surface area contributed by atoms with Crippen molar-refractivity contribution in [3.05, 3.63) is 35.5 Å². The third kappa shape index (κ3) is 3.30. The third-order valence-electron chi connectivity index (χ3n) is 7.76. The van der Waals surface area contributed by atoms with Crippen molar-refractivity contribution >= 4 is 35.0 Å². The van der Waals surface area contributed by atoms with E-state index < -0.39 is 0 Å². The van der Waals surface area contributed by atoms with Crippen molar-refractivity contribution < 1.29 is 9.59 Å². The number of carbonyl (C=O) groups excluding carboxylic acids is 2. The smallest absolute Gasteiger partial charge is 0.241 e. The Bertz CT molecular complexity index is 1140. The second-order valence-corrected chi connectivity index (χ2v) is 10.0. The van der Waals surface area contributed by atoms with E-state index in [1.807, 2.05) is 53.1 Å². The van der Waals surface area contributed by atoms with Crippen LogP contribution in [0.15, 0.2) is 24.4 Å².